The predicted molar refractivity (Wildman–Crippen MR) is 143 cm³/mol. The topological polar surface area (TPSA) is 171 Å². The van der Waals surface area contributed by atoms with Crippen molar-refractivity contribution < 1.29 is 23.8 Å². The summed E-state index contributed by atoms with van der Waals surface area (Å²) in [5, 5.41) is 37.8. The lowest BCUT2D eigenvalue weighted by Crippen LogP contribution is -2.54. The molecule has 0 fully saturated rings. The number of rotatable bonds is 11. The van der Waals surface area contributed by atoms with Crippen LogP contribution in [0.2, 0.25) is 0 Å². The molecule has 0 amide bonds. The Bertz CT molecular complexity index is 1570. The molecule has 0 spiro atoms. The number of aryl methyl sites for hydroxylation is 1. The maximum Gasteiger partial charge on any atom is 0.519 e. The molecule has 5 rings (SSSR count). The summed E-state index contributed by atoms with van der Waals surface area (Å²) in [7, 11) is 0. The largest absolute Gasteiger partial charge is 0.519 e. The van der Waals surface area contributed by atoms with Crippen molar-refractivity contribution in [1.29, 1.82) is 0 Å². The summed E-state index contributed by atoms with van der Waals surface area (Å²) in [6.45, 7) is 3.43. The van der Waals surface area contributed by atoms with E-state index in [1.807, 2.05) is 55.5 Å². The van der Waals surface area contributed by atoms with Crippen molar-refractivity contribution in [3.05, 3.63) is 87.6 Å². The molecule has 4 aromatic rings. The van der Waals surface area contributed by atoms with Crippen LogP contribution in [0.4, 0.5) is 0 Å². The first-order valence-corrected chi connectivity index (χ1v) is 13.0. The number of aliphatic hydroxyl groups is 1. The van der Waals surface area contributed by atoms with Crippen LogP contribution in [-0.4, -0.2) is 54.0 Å². The maximum absolute atomic E-state index is 12.5. The molecule has 2 aromatic heterocycles. The van der Waals surface area contributed by atoms with Gasteiger partial charge in [-0.25, -0.2) is 14.7 Å². The monoisotopic (exact) mass is 546 g/mol. The molecule has 0 aliphatic carbocycles. The molecule has 0 saturated carbocycles. The number of unbranched alkanes of at least 4 members (excludes halogenated alkanes) is 1. The van der Waals surface area contributed by atoms with Gasteiger partial charge in [0.1, 0.15) is 17.1 Å². The second-order valence-corrected chi connectivity index (χ2v) is 9.74. The first kappa shape index (κ1) is 26.9. The Balaban J connectivity index is 1.51. The van der Waals surface area contributed by atoms with Crippen LogP contribution in [0.15, 0.2) is 73.6 Å². The second kappa shape index (κ2) is 11.2. The first-order chi connectivity index (χ1) is 19.3. The number of aliphatic hydroxyl groups excluding tert-OH is 1. The summed E-state index contributed by atoms with van der Waals surface area (Å²) in [5.41, 5.74) is 2.81. The van der Waals surface area contributed by atoms with Gasteiger partial charge in [0.15, 0.2) is 11.6 Å². The highest BCUT2D eigenvalue weighted by molar-refractivity contribution is 5.88. The normalized spacial score (nSPS) is 16.9. The first-order valence-electron chi connectivity index (χ1n) is 13.0. The lowest BCUT2D eigenvalue weighted by atomic mass is 9.94. The number of aliphatic carboxylic acids is 1. The molecule has 3 heterocycles. The van der Waals surface area contributed by atoms with Crippen molar-refractivity contribution in [3.8, 4) is 22.5 Å². The van der Waals surface area contributed by atoms with Gasteiger partial charge >= 0.3 is 11.8 Å². The molecular formula is C28H30N6O6. The summed E-state index contributed by atoms with van der Waals surface area (Å²) >= 11 is 0. The molecule has 1 atom stereocenters. The van der Waals surface area contributed by atoms with Crippen molar-refractivity contribution in [2.75, 3.05) is 6.61 Å². The Morgan fingerprint density at radius 1 is 1.10 bits per heavy atom. The second-order valence-electron chi connectivity index (χ2n) is 9.74. The average molecular weight is 547 g/mol. The third-order valence-electron chi connectivity index (χ3n) is 7.18. The molecule has 0 bridgehead atoms. The van der Waals surface area contributed by atoms with Crippen molar-refractivity contribution in [1.82, 2.24) is 30.8 Å². The Labute approximate surface area is 229 Å². The lowest BCUT2D eigenvalue weighted by molar-refractivity contribution is -0.135. The van der Waals surface area contributed by atoms with Gasteiger partial charge in [0.2, 0.25) is 0 Å². The van der Waals surface area contributed by atoms with E-state index in [1.165, 1.54) is 0 Å². The third kappa shape index (κ3) is 5.13. The lowest BCUT2D eigenvalue weighted by Gasteiger charge is -2.41. The van der Waals surface area contributed by atoms with E-state index in [0.29, 0.717) is 23.8 Å². The van der Waals surface area contributed by atoms with Gasteiger partial charge in [0, 0.05) is 12.1 Å². The number of H-pyrrole nitrogens is 1. The number of benzene rings is 2. The molecule has 4 N–H and O–H groups in total. The van der Waals surface area contributed by atoms with E-state index in [4.69, 9.17) is 8.83 Å². The van der Waals surface area contributed by atoms with Crippen molar-refractivity contribution in [2.45, 2.75) is 51.7 Å². The van der Waals surface area contributed by atoms with Gasteiger partial charge < -0.3 is 29.3 Å². The third-order valence-corrected chi connectivity index (χ3v) is 7.18. The molecule has 0 radical (unpaired) electrons. The van der Waals surface area contributed by atoms with Gasteiger partial charge in [0.25, 0.3) is 0 Å². The van der Waals surface area contributed by atoms with Gasteiger partial charge in [-0.1, -0.05) is 61.9 Å². The Hall–Kier alpha value is -4.71. The van der Waals surface area contributed by atoms with Crippen LogP contribution in [0.1, 0.15) is 43.3 Å². The predicted octanol–water partition coefficient (Wildman–Crippen LogP) is 3.21. The summed E-state index contributed by atoms with van der Waals surface area (Å²) in [4.78, 5) is 26.0. The molecule has 1 aliphatic heterocycles. The van der Waals surface area contributed by atoms with E-state index in [1.54, 1.807) is 11.8 Å². The highest BCUT2D eigenvalue weighted by atomic mass is 16.6. The zero-order valence-corrected chi connectivity index (χ0v) is 22.2. The number of nitrogens with zero attached hydrogens (tertiary/aromatic N) is 4. The highest BCUT2D eigenvalue weighted by Gasteiger charge is 2.47. The van der Waals surface area contributed by atoms with Crippen LogP contribution in [0.5, 0.6) is 0 Å². The number of aromatic nitrogens is 4. The van der Waals surface area contributed by atoms with Gasteiger partial charge in [-0.2, -0.15) is 0 Å². The quantitative estimate of drug-likeness (QED) is 0.218. The van der Waals surface area contributed by atoms with E-state index in [2.05, 4.69) is 25.9 Å². The van der Waals surface area contributed by atoms with Crippen LogP contribution in [0.25, 0.3) is 22.5 Å². The maximum atomic E-state index is 12.5. The average Bonchev–Trinajstić information content (AvgIpc) is 3.67. The number of tetrazole rings is 1. The van der Waals surface area contributed by atoms with E-state index in [0.717, 1.165) is 35.1 Å². The molecule has 12 heteroatoms. The van der Waals surface area contributed by atoms with Crippen molar-refractivity contribution in [2.24, 2.45) is 0 Å². The number of nitrogens with one attached hydrogen (secondary N) is 2. The van der Waals surface area contributed by atoms with Crippen molar-refractivity contribution >= 4 is 5.97 Å². The number of aromatic amines is 1. The molecule has 2 aromatic carbocycles. The number of hydrogen-bond donors (Lipinski definition) is 4. The van der Waals surface area contributed by atoms with Crippen LogP contribution in [-0.2, 0) is 17.8 Å². The van der Waals surface area contributed by atoms with Crippen LogP contribution >= 0.6 is 0 Å². The van der Waals surface area contributed by atoms with Gasteiger partial charge in [-0.05, 0) is 46.9 Å². The van der Waals surface area contributed by atoms with Crippen LogP contribution < -0.4 is 11.1 Å². The summed E-state index contributed by atoms with van der Waals surface area (Å²) in [6, 6.07) is 15.6. The number of carboxylic acid groups (broad SMARTS) is 1. The Morgan fingerprint density at radius 2 is 1.85 bits per heavy atom. The molecule has 1 unspecified atom stereocenters. The van der Waals surface area contributed by atoms with Crippen LogP contribution in [0.3, 0.4) is 0 Å². The molecule has 1 aliphatic rings. The zero-order valence-electron chi connectivity index (χ0n) is 22.2. The highest BCUT2D eigenvalue weighted by Crippen LogP contribution is 2.38. The van der Waals surface area contributed by atoms with Gasteiger partial charge in [-0.3, -0.25) is 0 Å². The van der Waals surface area contributed by atoms with E-state index in [9.17, 15) is 19.8 Å². The molecule has 12 nitrogen and oxygen atoms in total. The summed E-state index contributed by atoms with van der Waals surface area (Å²) in [5.74, 6) is -0.754. The fourth-order valence-corrected chi connectivity index (χ4v) is 5.26. The van der Waals surface area contributed by atoms with Crippen molar-refractivity contribution in [3.63, 3.8) is 0 Å². The molecular weight excluding hydrogens is 516 g/mol. The summed E-state index contributed by atoms with van der Waals surface area (Å²) < 4.78 is 10.4. The van der Waals surface area contributed by atoms with Crippen LogP contribution in [0, 0.1) is 6.92 Å². The zero-order chi connectivity index (χ0) is 28.3. The standard InChI is InChI=1S/C28H30N6O6/c1-3-4-13-28(14-23-17(2)39-27(38)40-23)29-22(16-35)24(26(36)37)34(28)15-18-9-11-19(12-10-18)20-7-5-6-8-21(20)25-30-32-33-31-25/h5-12,29,35H,3-4,13-16H2,1-2H3,(H,36,37)(H,30,31,32,33). The molecule has 0 saturated heterocycles. The minimum Gasteiger partial charge on any atom is -0.477 e. The number of hydrogen-bond acceptors (Lipinski definition) is 10. The fourth-order valence-electron chi connectivity index (χ4n) is 5.26. The SMILES string of the molecule is CCCCC1(Cc2oc(=O)oc2C)NC(CO)=C(C(=O)O)N1Cc1ccc(-c2ccccc2-c2nnn[nH]2)cc1. The molecule has 40 heavy (non-hydrogen) atoms. The molecule has 208 valence electrons. The minimum atomic E-state index is -1.16. The summed E-state index contributed by atoms with van der Waals surface area (Å²) in [6.07, 6.45) is 2.33. The number of carbonyl (C=O) groups is 1. The van der Waals surface area contributed by atoms with E-state index in [-0.39, 0.29) is 24.4 Å². The smallest absolute Gasteiger partial charge is 0.477 e. The van der Waals surface area contributed by atoms with E-state index >= 15 is 0 Å². The Kier molecular flexibility index (Phi) is 7.52. The van der Waals surface area contributed by atoms with Gasteiger partial charge in [-0.15, -0.1) is 5.10 Å². The minimum absolute atomic E-state index is 0.0191. The Morgan fingerprint density at radius 3 is 2.45 bits per heavy atom. The number of carboxylic acids is 1. The van der Waals surface area contributed by atoms with Gasteiger partial charge in [0.05, 0.1) is 18.7 Å². The van der Waals surface area contributed by atoms with E-state index < -0.39 is 24.1 Å². The fraction of sp³-hybridized carbons (Fsp3) is 0.321.